The van der Waals surface area contributed by atoms with Gasteiger partial charge < -0.3 is 5.11 Å². The Labute approximate surface area is 129 Å². The lowest BCUT2D eigenvalue weighted by atomic mass is 9.92. The van der Waals surface area contributed by atoms with Crippen molar-refractivity contribution in [2.45, 2.75) is 6.92 Å². The number of aryl methyl sites for hydroxylation is 1. The Kier molecular flexibility index (Phi) is 3.75. The SMILES string of the molecule is Cc1ccc(/C(=C/C(=O)O)c2cccc3ccccc23)cc1. The molecule has 0 aliphatic carbocycles. The van der Waals surface area contributed by atoms with Crippen LogP contribution >= 0.6 is 0 Å². The van der Waals surface area contributed by atoms with Crippen LogP contribution in [0.2, 0.25) is 0 Å². The highest BCUT2D eigenvalue weighted by molar-refractivity contribution is 6.03. The second-order valence-electron chi connectivity index (χ2n) is 5.29. The molecule has 1 N–H and O–H groups in total. The molecule has 108 valence electrons. The molecule has 0 bridgehead atoms. The van der Waals surface area contributed by atoms with E-state index in [2.05, 4.69) is 0 Å². The third-order valence-electron chi connectivity index (χ3n) is 3.71. The predicted octanol–water partition coefficient (Wildman–Crippen LogP) is 4.66. The summed E-state index contributed by atoms with van der Waals surface area (Å²) in [7, 11) is 0. The molecule has 0 atom stereocenters. The minimum atomic E-state index is -0.941. The van der Waals surface area contributed by atoms with E-state index < -0.39 is 5.97 Å². The summed E-state index contributed by atoms with van der Waals surface area (Å²) < 4.78 is 0. The van der Waals surface area contributed by atoms with Crippen LogP contribution < -0.4 is 0 Å². The van der Waals surface area contributed by atoms with Gasteiger partial charge in [0.1, 0.15) is 0 Å². The fourth-order valence-corrected chi connectivity index (χ4v) is 2.63. The smallest absolute Gasteiger partial charge is 0.328 e. The van der Waals surface area contributed by atoms with E-state index in [0.717, 1.165) is 33.0 Å². The highest BCUT2D eigenvalue weighted by Crippen LogP contribution is 2.30. The fourth-order valence-electron chi connectivity index (χ4n) is 2.63. The van der Waals surface area contributed by atoms with Gasteiger partial charge in [0.25, 0.3) is 0 Å². The average molecular weight is 288 g/mol. The lowest BCUT2D eigenvalue weighted by Gasteiger charge is -2.11. The highest BCUT2D eigenvalue weighted by Gasteiger charge is 2.10. The fraction of sp³-hybridized carbons (Fsp3) is 0.0500. The van der Waals surface area contributed by atoms with Crippen LogP contribution in [-0.2, 0) is 4.79 Å². The van der Waals surface area contributed by atoms with Crippen molar-refractivity contribution in [3.63, 3.8) is 0 Å². The Bertz CT molecular complexity index is 853. The number of rotatable bonds is 3. The number of aliphatic carboxylic acids is 1. The van der Waals surface area contributed by atoms with Crippen molar-refractivity contribution in [1.29, 1.82) is 0 Å². The first-order chi connectivity index (χ1) is 10.6. The molecule has 22 heavy (non-hydrogen) atoms. The molecule has 0 aromatic heterocycles. The van der Waals surface area contributed by atoms with E-state index in [1.165, 1.54) is 6.08 Å². The van der Waals surface area contributed by atoms with Crippen molar-refractivity contribution in [1.82, 2.24) is 0 Å². The van der Waals surface area contributed by atoms with E-state index >= 15 is 0 Å². The van der Waals surface area contributed by atoms with Crippen LogP contribution in [-0.4, -0.2) is 11.1 Å². The van der Waals surface area contributed by atoms with Crippen LogP contribution in [0.25, 0.3) is 16.3 Å². The number of carboxylic acids is 1. The number of benzene rings is 3. The predicted molar refractivity (Wildman–Crippen MR) is 89.8 cm³/mol. The van der Waals surface area contributed by atoms with E-state index in [1.54, 1.807) is 0 Å². The van der Waals surface area contributed by atoms with Crippen LogP contribution in [0.5, 0.6) is 0 Å². The van der Waals surface area contributed by atoms with E-state index in [1.807, 2.05) is 73.7 Å². The molecule has 2 nitrogen and oxygen atoms in total. The Morgan fingerprint density at radius 1 is 0.909 bits per heavy atom. The molecule has 3 rings (SSSR count). The molecule has 0 heterocycles. The molecule has 0 radical (unpaired) electrons. The van der Waals surface area contributed by atoms with Crippen molar-refractivity contribution >= 4 is 22.3 Å². The normalized spacial score (nSPS) is 11.6. The van der Waals surface area contributed by atoms with Gasteiger partial charge in [-0.15, -0.1) is 0 Å². The summed E-state index contributed by atoms with van der Waals surface area (Å²) in [6, 6.07) is 21.9. The van der Waals surface area contributed by atoms with Crippen molar-refractivity contribution in [3.8, 4) is 0 Å². The summed E-state index contributed by atoms with van der Waals surface area (Å²) in [6.45, 7) is 2.02. The molecule has 3 aromatic carbocycles. The summed E-state index contributed by atoms with van der Waals surface area (Å²) >= 11 is 0. The van der Waals surface area contributed by atoms with Gasteiger partial charge in [-0.2, -0.15) is 0 Å². The van der Waals surface area contributed by atoms with Gasteiger partial charge in [0.05, 0.1) is 0 Å². The Balaban J connectivity index is 2.25. The standard InChI is InChI=1S/C20H16O2/c1-14-9-11-16(12-10-14)19(13-20(21)22)18-8-4-6-15-5-2-3-7-17(15)18/h2-13H,1H3,(H,21,22)/b19-13-. The van der Waals surface area contributed by atoms with E-state index in [-0.39, 0.29) is 0 Å². The lowest BCUT2D eigenvalue weighted by molar-refractivity contribution is -0.131. The van der Waals surface area contributed by atoms with Gasteiger partial charge in [0, 0.05) is 6.08 Å². The Morgan fingerprint density at radius 2 is 1.59 bits per heavy atom. The van der Waals surface area contributed by atoms with Crippen molar-refractivity contribution in [3.05, 3.63) is 89.5 Å². The highest BCUT2D eigenvalue weighted by atomic mass is 16.4. The molecule has 0 fully saturated rings. The molecule has 0 spiro atoms. The van der Waals surface area contributed by atoms with Gasteiger partial charge in [0.2, 0.25) is 0 Å². The Hall–Kier alpha value is -2.87. The average Bonchev–Trinajstić information content (AvgIpc) is 2.53. The third kappa shape index (κ3) is 2.77. The van der Waals surface area contributed by atoms with Gasteiger partial charge in [-0.1, -0.05) is 72.3 Å². The van der Waals surface area contributed by atoms with Crippen LogP contribution in [0, 0.1) is 6.92 Å². The summed E-state index contributed by atoms with van der Waals surface area (Å²) in [5, 5.41) is 11.4. The maximum Gasteiger partial charge on any atom is 0.328 e. The zero-order valence-electron chi connectivity index (χ0n) is 12.3. The van der Waals surface area contributed by atoms with Gasteiger partial charge in [-0.3, -0.25) is 0 Å². The third-order valence-corrected chi connectivity index (χ3v) is 3.71. The molecule has 2 heteroatoms. The monoisotopic (exact) mass is 288 g/mol. The summed E-state index contributed by atoms with van der Waals surface area (Å²) in [6.07, 6.45) is 1.28. The first kappa shape index (κ1) is 14.1. The molecule has 0 saturated heterocycles. The first-order valence-electron chi connectivity index (χ1n) is 7.15. The number of carbonyl (C=O) groups is 1. The number of hydrogen-bond donors (Lipinski definition) is 1. The first-order valence-corrected chi connectivity index (χ1v) is 7.15. The van der Waals surface area contributed by atoms with E-state index in [9.17, 15) is 9.90 Å². The van der Waals surface area contributed by atoms with E-state index in [4.69, 9.17) is 0 Å². The molecule has 0 aliphatic rings. The largest absolute Gasteiger partial charge is 0.478 e. The van der Waals surface area contributed by atoms with Gasteiger partial charge in [-0.05, 0) is 34.4 Å². The molecule has 0 aliphatic heterocycles. The lowest BCUT2D eigenvalue weighted by Crippen LogP contribution is -1.96. The zero-order valence-corrected chi connectivity index (χ0v) is 12.3. The van der Waals surface area contributed by atoms with Crippen molar-refractivity contribution < 1.29 is 9.90 Å². The minimum Gasteiger partial charge on any atom is -0.478 e. The Morgan fingerprint density at radius 3 is 2.32 bits per heavy atom. The molecule has 0 amide bonds. The molecule has 0 saturated carbocycles. The molecule has 0 unspecified atom stereocenters. The molecule has 3 aromatic rings. The van der Waals surface area contributed by atoms with Crippen molar-refractivity contribution in [2.24, 2.45) is 0 Å². The minimum absolute atomic E-state index is 0.726. The summed E-state index contributed by atoms with van der Waals surface area (Å²) in [4.78, 5) is 11.3. The molecular formula is C20H16O2. The summed E-state index contributed by atoms with van der Waals surface area (Å²) in [5.41, 5.74) is 3.72. The van der Waals surface area contributed by atoms with Crippen LogP contribution in [0.15, 0.2) is 72.8 Å². The van der Waals surface area contributed by atoms with Crippen LogP contribution in [0.1, 0.15) is 16.7 Å². The van der Waals surface area contributed by atoms with Gasteiger partial charge in [-0.25, -0.2) is 4.79 Å². The van der Waals surface area contributed by atoms with Crippen LogP contribution in [0.4, 0.5) is 0 Å². The van der Waals surface area contributed by atoms with Crippen molar-refractivity contribution in [2.75, 3.05) is 0 Å². The number of hydrogen-bond acceptors (Lipinski definition) is 1. The second kappa shape index (κ2) is 5.86. The maximum absolute atomic E-state index is 11.3. The zero-order chi connectivity index (χ0) is 15.5. The van der Waals surface area contributed by atoms with Gasteiger partial charge in [0.15, 0.2) is 0 Å². The molecular weight excluding hydrogens is 272 g/mol. The quantitative estimate of drug-likeness (QED) is 0.711. The number of carboxylic acid groups (broad SMARTS) is 1. The van der Waals surface area contributed by atoms with Gasteiger partial charge >= 0.3 is 5.97 Å². The second-order valence-corrected chi connectivity index (χ2v) is 5.29. The maximum atomic E-state index is 11.3. The van der Waals surface area contributed by atoms with E-state index in [0.29, 0.717) is 0 Å². The topological polar surface area (TPSA) is 37.3 Å². The summed E-state index contributed by atoms with van der Waals surface area (Å²) in [5.74, 6) is -0.941. The van der Waals surface area contributed by atoms with Crippen LogP contribution in [0.3, 0.4) is 0 Å². The number of fused-ring (bicyclic) bond motifs is 1.